The first-order valence-electron chi connectivity index (χ1n) is 20.0. The highest BCUT2D eigenvalue weighted by Gasteiger charge is 2.15. The molecule has 0 N–H and O–H groups in total. The quantitative estimate of drug-likeness (QED) is 0.146. The molecule has 5 heteroatoms. The normalized spacial score (nSPS) is 11.0. The second kappa shape index (κ2) is 16.4. The maximum Gasteiger partial charge on any atom is 0.164 e. The van der Waals surface area contributed by atoms with Gasteiger partial charge in [-0.25, -0.2) is 24.9 Å². The average Bonchev–Trinajstić information content (AvgIpc) is 3.35. The third-order valence-electron chi connectivity index (χ3n) is 10.6. The van der Waals surface area contributed by atoms with E-state index in [2.05, 4.69) is 140 Å². The summed E-state index contributed by atoms with van der Waals surface area (Å²) in [5, 5.41) is 0. The summed E-state index contributed by atoms with van der Waals surface area (Å²) < 4.78 is 0. The predicted octanol–water partition coefficient (Wildman–Crippen LogP) is 13.7. The maximum atomic E-state index is 5.09. The molecule has 0 aliphatic rings. The van der Waals surface area contributed by atoms with Crippen LogP contribution in [0.15, 0.2) is 224 Å². The van der Waals surface area contributed by atoms with Crippen LogP contribution in [0.25, 0.3) is 101 Å². The highest BCUT2D eigenvalue weighted by Crippen LogP contribution is 2.35. The van der Waals surface area contributed by atoms with Crippen LogP contribution in [0.4, 0.5) is 0 Å². The predicted molar refractivity (Wildman–Crippen MR) is 244 cm³/mol. The van der Waals surface area contributed by atoms with Crippen LogP contribution >= 0.6 is 0 Å². The molecule has 0 aliphatic heterocycles. The van der Waals surface area contributed by atoms with Gasteiger partial charge in [-0.3, -0.25) is 0 Å². The molecule has 10 rings (SSSR count). The minimum atomic E-state index is 0.610. The van der Waals surface area contributed by atoms with E-state index >= 15 is 0 Å². The molecule has 8 aromatic carbocycles. The summed E-state index contributed by atoms with van der Waals surface area (Å²) in [6.07, 6.45) is 0. The molecular formula is C55H37N5. The number of rotatable bonds is 9. The van der Waals surface area contributed by atoms with Gasteiger partial charge in [0.2, 0.25) is 0 Å². The summed E-state index contributed by atoms with van der Waals surface area (Å²) in [6, 6.07) is 77.0. The van der Waals surface area contributed by atoms with E-state index in [4.69, 9.17) is 24.9 Å². The van der Waals surface area contributed by atoms with Crippen LogP contribution in [0.5, 0.6) is 0 Å². The number of hydrogen-bond acceptors (Lipinski definition) is 5. The van der Waals surface area contributed by atoms with Crippen molar-refractivity contribution in [2.75, 3.05) is 0 Å². The minimum Gasteiger partial charge on any atom is -0.228 e. The third kappa shape index (κ3) is 7.63. The Balaban J connectivity index is 0.987. The maximum absolute atomic E-state index is 5.09. The van der Waals surface area contributed by atoms with Gasteiger partial charge in [0.1, 0.15) is 0 Å². The lowest BCUT2D eigenvalue weighted by molar-refractivity contribution is 1.07. The van der Waals surface area contributed by atoms with Crippen molar-refractivity contribution < 1.29 is 0 Å². The minimum absolute atomic E-state index is 0.610. The van der Waals surface area contributed by atoms with Crippen molar-refractivity contribution in [3.8, 4) is 101 Å². The van der Waals surface area contributed by atoms with Gasteiger partial charge < -0.3 is 0 Å². The largest absolute Gasteiger partial charge is 0.228 e. The number of benzene rings is 8. The van der Waals surface area contributed by atoms with Crippen molar-refractivity contribution in [2.45, 2.75) is 0 Å². The standard InChI is InChI=1S/C55H37N5/c1-5-16-39(17-6-1)48-26-13-14-27-49(48)40-30-34-45(35-31-40)54-58-53(44-22-11-4-12-23-44)59-55(60-54)47-25-15-24-46(36-47)38-28-32-42(33-29-38)51-37-50(41-18-7-2-8-19-41)56-52(57-51)43-20-9-3-10-21-43/h1-37H. The fourth-order valence-corrected chi connectivity index (χ4v) is 7.49. The van der Waals surface area contributed by atoms with E-state index < -0.39 is 0 Å². The molecule has 0 aliphatic carbocycles. The van der Waals surface area contributed by atoms with E-state index in [1.807, 2.05) is 84.9 Å². The van der Waals surface area contributed by atoms with E-state index in [0.717, 1.165) is 61.5 Å². The Morgan fingerprint density at radius 1 is 0.183 bits per heavy atom. The van der Waals surface area contributed by atoms with Crippen LogP contribution in [-0.4, -0.2) is 24.9 Å². The highest BCUT2D eigenvalue weighted by molar-refractivity contribution is 5.84. The van der Waals surface area contributed by atoms with Crippen molar-refractivity contribution in [1.29, 1.82) is 0 Å². The van der Waals surface area contributed by atoms with Crippen LogP contribution in [0, 0.1) is 0 Å². The molecule has 0 radical (unpaired) electrons. The first-order valence-corrected chi connectivity index (χ1v) is 20.0. The van der Waals surface area contributed by atoms with Gasteiger partial charge in [0.15, 0.2) is 23.3 Å². The number of hydrogen-bond donors (Lipinski definition) is 0. The number of aromatic nitrogens is 5. The second-order valence-corrected chi connectivity index (χ2v) is 14.5. The van der Waals surface area contributed by atoms with Crippen LogP contribution in [0.2, 0.25) is 0 Å². The molecule has 2 aromatic heterocycles. The van der Waals surface area contributed by atoms with Gasteiger partial charge in [0.05, 0.1) is 11.4 Å². The van der Waals surface area contributed by atoms with Crippen LogP contribution < -0.4 is 0 Å². The van der Waals surface area contributed by atoms with Gasteiger partial charge in [-0.15, -0.1) is 0 Å². The fraction of sp³-hybridized carbons (Fsp3) is 0. The fourth-order valence-electron chi connectivity index (χ4n) is 7.49. The molecule has 0 unspecified atom stereocenters. The van der Waals surface area contributed by atoms with E-state index in [9.17, 15) is 0 Å². The Bertz CT molecular complexity index is 2990. The molecule has 2 heterocycles. The molecule has 0 saturated heterocycles. The molecule has 5 nitrogen and oxygen atoms in total. The van der Waals surface area contributed by atoms with Crippen molar-refractivity contribution in [2.24, 2.45) is 0 Å². The molecule has 10 aromatic rings. The van der Waals surface area contributed by atoms with Crippen LogP contribution in [0.1, 0.15) is 0 Å². The topological polar surface area (TPSA) is 64.5 Å². The second-order valence-electron chi connectivity index (χ2n) is 14.5. The first-order chi connectivity index (χ1) is 29.7. The zero-order chi connectivity index (χ0) is 40.1. The monoisotopic (exact) mass is 767 g/mol. The molecular weight excluding hydrogens is 731 g/mol. The Labute approximate surface area is 349 Å². The van der Waals surface area contributed by atoms with Crippen molar-refractivity contribution in [1.82, 2.24) is 24.9 Å². The zero-order valence-corrected chi connectivity index (χ0v) is 32.6. The Morgan fingerprint density at radius 3 is 1.03 bits per heavy atom. The zero-order valence-electron chi connectivity index (χ0n) is 32.6. The molecule has 282 valence electrons. The molecule has 0 saturated carbocycles. The molecule has 0 amide bonds. The van der Waals surface area contributed by atoms with Crippen molar-refractivity contribution in [3.63, 3.8) is 0 Å². The summed E-state index contributed by atoms with van der Waals surface area (Å²) >= 11 is 0. The lowest BCUT2D eigenvalue weighted by atomic mass is 9.94. The van der Waals surface area contributed by atoms with Crippen molar-refractivity contribution in [3.05, 3.63) is 224 Å². The molecule has 0 atom stereocenters. The van der Waals surface area contributed by atoms with E-state index in [1.165, 1.54) is 16.7 Å². The Hall–Kier alpha value is -8.15. The van der Waals surface area contributed by atoms with Gasteiger partial charge in [-0.1, -0.05) is 212 Å². The van der Waals surface area contributed by atoms with E-state index in [1.54, 1.807) is 0 Å². The smallest absolute Gasteiger partial charge is 0.164 e. The molecule has 60 heavy (non-hydrogen) atoms. The van der Waals surface area contributed by atoms with Crippen LogP contribution in [0.3, 0.4) is 0 Å². The number of nitrogens with zero attached hydrogens (tertiary/aromatic N) is 5. The first kappa shape index (κ1) is 36.2. The summed E-state index contributed by atoms with van der Waals surface area (Å²) in [5.41, 5.74) is 14.3. The third-order valence-corrected chi connectivity index (χ3v) is 10.6. The Morgan fingerprint density at radius 2 is 0.500 bits per heavy atom. The Kier molecular flexibility index (Phi) is 9.88. The molecule has 0 spiro atoms. The lowest BCUT2D eigenvalue weighted by Crippen LogP contribution is -2.00. The van der Waals surface area contributed by atoms with E-state index in [0.29, 0.717) is 23.3 Å². The van der Waals surface area contributed by atoms with Gasteiger partial charge in [0, 0.05) is 33.4 Å². The van der Waals surface area contributed by atoms with Gasteiger partial charge in [0.25, 0.3) is 0 Å². The summed E-state index contributed by atoms with van der Waals surface area (Å²) in [6.45, 7) is 0. The molecule has 0 bridgehead atoms. The van der Waals surface area contributed by atoms with E-state index in [-0.39, 0.29) is 0 Å². The lowest BCUT2D eigenvalue weighted by Gasteiger charge is -2.12. The SMILES string of the molecule is c1ccc(-c2cc(-c3ccc(-c4cccc(-c5nc(-c6ccccc6)nc(-c6ccc(-c7ccccc7-c7ccccc7)cc6)n5)c4)cc3)nc(-c3ccccc3)n2)cc1. The highest BCUT2D eigenvalue weighted by atomic mass is 15.0. The van der Waals surface area contributed by atoms with Gasteiger partial charge in [-0.2, -0.15) is 0 Å². The van der Waals surface area contributed by atoms with Gasteiger partial charge >= 0.3 is 0 Å². The van der Waals surface area contributed by atoms with Gasteiger partial charge in [-0.05, 0) is 45.5 Å². The summed E-state index contributed by atoms with van der Waals surface area (Å²) in [7, 11) is 0. The molecule has 0 fully saturated rings. The summed E-state index contributed by atoms with van der Waals surface area (Å²) in [4.78, 5) is 25.1. The van der Waals surface area contributed by atoms with Crippen LogP contribution in [-0.2, 0) is 0 Å². The average molecular weight is 768 g/mol. The van der Waals surface area contributed by atoms with Crippen molar-refractivity contribution >= 4 is 0 Å². The summed E-state index contributed by atoms with van der Waals surface area (Å²) in [5.74, 6) is 2.54.